The van der Waals surface area contributed by atoms with Crippen LogP contribution in [0, 0.1) is 5.92 Å². The van der Waals surface area contributed by atoms with E-state index in [0.29, 0.717) is 11.7 Å². The van der Waals surface area contributed by atoms with Gasteiger partial charge >= 0.3 is 0 Å². The maximum absolute atomic E-state index is 12.0. The molecule has 2 aliphatic rings. The lowest BCUT2D eigenvalue weighted by Gasteiger charge is -2.22. The first-order valence-electron chi connectivity index (χ1n) is 6.75. The molecule has 0 aromatic carbocycles. The molecule has 2 heterocycles. The quantitative estimate of drug-likeness (QED) is 0.732. The van der Waals surface area contributed by atoms with Crippen LogP contribution in [0.1, 0.15) is 20.3 Å². The monoisotopic (exact) mass is 316 g/mol. The highest BCUT2D eigenvalue weighted by Crippen LogP contribution is 2.38. The number of rotatable bonds is 4. The molecular formula is C13H20N2O3S2. The van der Waals surface area contributed by atoms with E-state index < -0.39 is 9.84 Å². The number of amidine groups is 1. The first-order valence-corrected chi connectivity index (χ1v) is 9.45. The third-order valence-corrected chi connectivity index (χ3v) is 6.99. The summed E-state index contributed by atoms with van der Waals surface area (Å²) in [5.74, 6) is 0.0893. The fraction of sp³-hybridized carbons (Fsp3) is 0.692. The molecule has 20 heavy (non-hydrogen) atoms. The Kier molecular flexibility index (Phi) is 4.59. The van der Waals surface area contributed by atoms with Gasteiger partial charge in [-0.2, -0.15) is 4.99 Å². The standard InChI is InChI=1S/C13H20N2O3S2/c1-4-6-15-10-7-20(17,18)8-11(10)19-13(15)14-12(16)9(3)5-2/h4,9-11H,1,5-8H2,2-3H3/t9-,10-,11-/m1/s1. The number of aliphatic imine (C=N–C) groups is 1. The minimum absolute atomic E-state index is 0.0107. The molecule has 0 aliphatic carbocycles. The summed E-state index contributed by atoms with van der Waals surface area (Å²) < 4.78 is 23.4. The van der Waals surface area contributed by atoms with E-state index in [1.807, 2.05) is 18.7 Å². The Morgan fingerprint density at radius 3 is 2.90 bits per heavy atom. The predicted molar refractivity (Wildman–Crippen MR) is 82.6 cm³/mol. The van der Waals surface area contributed by atoms with Crippen molar-refractivity contribution in [3.05, 3.63) is 12.7 Å². The third kappa shape index (κ3) is 3.09. The second-order valence-electron chi connectivity index (χ2n) is 5.28. The van der Waals surface area contributed by atoms with Crippen LogP contribution in [0.5, 0.6) is 0 Å². The maximum atomic E-state index is 12.0. The van der Waals surface area contributed by atoms with Gasteiger partial charge in [-0.3, -0.25) is 4.79 Å². The molecular weight excluding hydrogens is 296 g/mol. The number of sulfone groups is 1. The molecule has 0 N–H and O–H groups in total. The van der Waals surface area contributed by atoms with Gasteiger partial charge in [0.25, 0.3) is 5.91 Å². The number of thioether (sulfide) groups is 1. The molecule has 2 aliphatic heterocycles. The van der Waals surface area contributed by atoms with Gasteiger partial charge in [0, 0.05) is 17.7 Å². The molecule has 0 saturated carbocycles. The van der Waals surface area contributed by atoms with Crippen LogP contribution in [0.25, 0.3) is 0 Å². The molecule has 112 valence electrons. The summed E-state index contributed by atoms with van der Waals surface area (Å²) in [6.07, 6.45) is 2.47. The molecule has 0 unspecified atom stereocenters. The fourth-order valence-electron chi connectivity index (χ4n) is 2.37. The van der Waals surface area contributed by atoms with E-state index in [-0.39, 0.29) is 34.6 Å². The highest BCUT2D eigenvalue weighted by Gasteiger charge is 2.48. The van der Waals surface area contributed by atoms with Crippen LogP contribution in [0.15, 0.2) is 17.6 Å². The van der Waals surface area contributed by atoms with Crippen molar-refractivity contribution in [2.75, 3.05) is 18.1 Å². The molecule has 0 spiro atoms. The van der Waals surface area contributed by atoms with E-state index in [9.17, 15) is 13.2 Å². The van der Waals surface area contributed by atoms with Crippen LogP contribution in [-0.2, 0) is 14.6 Å². The number of nitrogens with zero attached hydrogens (tertiary/aromatic N) is 2. The predicted octanol–water partition coefficient (Wildman–Crippen LogP) is 1.32. The van der Waals surface area contributed by atoms with E-state index in [1.54, 1.807) is 6.08 Å². The molecule has 0 aromatic rings. The Hall–Kier alpha value is -0.820. The van der Waals surface area contributed by atoms with Gasteiger partial charge in [0.05, 0.1) is 17.5 Å². The molecule has 3 atom stereocenters. The van der Waals surface area contributed by atoms with Crippen molar-refractivity contribution in [2.24, 2.45) is 10.9 Å². The Bertz CT molecular complexity index is 542. The molecule has 2 fully saturated rings. The zero-order chi connectivity index (χ0) is 14.9. The first kappa shape index (κ1) is 15.6. The molecule has 7 heteroatoms. The minimum atomic E-state index is -2.97. The van der Waals surface area contributed by atoms with Crippen molar-refractivity contribution in [3.8, 4) is 0 Å². The maximum Gasteiger partial charge on any atom is 0.250 e. The van der Waals surface area contributed by atoms with Crippen LogP contribution in [-0.4, -0.2) is 53.7 Å². The summed E-state index contributed by atoms with van der Waals surface area (Å²) >= 11 is 1.42. The van der Waals surface area contributed by atoms with Crippen molar-refractivity contribution in [1.82, 2.24) is 4.90 Å². The summed E-state index contributed by atoms with van der Waals surface area (Å²) in [5, 5.41) is 0.642. The molecule has 2 rings (SSSR count). The zero-order valence-corrected chi connectivity index (χ0v) is 13.4. The minimum Gasteiger partial charge on any atom is -0.342 e. The molecule has 0 aromatic heterocycles. The second kappa shape index (κ2) is 5.89. The lowest BCUT2D eigenvalue weighted by atomic mass is 10.1. The smallest absolute Gasteiger partial charge is 0.250 e. The molecule has 5 nitrogen and oxygen atoms in total. The molecule has 2 saturated heterocycles. The first-order chi connectivity index (χ1) is 9.38. The average Bonchev–Trinajstić information content (AvgIpc) is 2.82. The van der Waals surface area contributed by atoms with Gasteiger partial charge in [0.15, 0.2) is 15.0 Å². The summed E-state index contributed by atoms with van der Waals surface area (Å²) in [4.78, 5) is 18.1. The van der Waals surface area contributed by atoms with Crippen molar-refractivity contribution in [3.63, 3.8) is 0 Å². The van der Waals surface area contributed by atoms with Crippen molar-refractivity contribution < 1.29 is 13.2 Å². The van der Waals surface area contributed by atoms with E-state index in [1.165, 1.54) is 11.8 Å². The Morgan fingerprint density at radius 2 is 2.30 bits per heavy atom. The SMILES string of the molecule is C=CCN1C(=NC(=O)[C@H](C)CC)S[C@@H]2CS(=O)(=O)C[C@H]21. The highest BCUT2D eigenvalue weighted by molar-refractivity contribution is 8.15. The van der Waals surface area contributed by atoms with Gasteiger partial charge in [-0.1, -0.05) is 31.7 Å². The van der Waals surface area contributed by atoms with E-state index >= 15 is 0 Å². The van der Waals surface area contributed by atoms with Gasteiger partial charge in [0.2, 0.25) is 0 Å². The zero-order valence-electron chi connectivity index (χ0n) is 11.8. The summed E-state index contributed by atoms with van der Waals surface area (Å²) in [5.41, 5.74) is 0. The van der Waals surface area contributed by atoms with E-state index in [2.05, 4.69) is 11.6 Å². The summed E-state index contributed by atoms with van der Waals surface area (Å²) in [6, 6.07) is -0.0773. The fourth-order valence-corrected chi connectivity index (χ4v) is 6.33. The van der Waals surface area contributed by atoms with Gasteiger partial charge < -0.3 is 4.90 Å². The van der Waals surface area contributed by atoms with Gasteiger partial charge in [-0.25, -0.2) is 8.42 Å². The van der Waals surface area contributed by atoms with Crippen LogP contribution in [0.4, 0.5) is 0 Å². The van der Waals surface area contributed by atoms with Gasteiger partial charge in [-0.15, -0.1) is 6.58 Å². The number of carbonyl (C=O) groups is 1. The molecule has 0 radical (unpaired) electrons. The van der Waals surface area contributed by atoms with E-state index in [4.69, 9.17) is 0 Å². The van der Waals surface area contributed by atoms with Crippen molar-refractivity contribution in [2.45, 2.75) is 31.6 Å². The third-order valence-electron chi connectivity index (χ3n) is 3.74. The second-order valence-corrected chi connectivity index (χ2v) is 8.64. The van der Waals surface area contributed by atoms with Crippen LogP contribution >= 0.6 is 11.8 Å². The van der Waals surface area contributed by atoms with Gasteiger partial charge in [-0.05, 0) is 6.42 Å². The lowest BCUT2D eigenvalue weighted by molar-refractivity contribution is -0.121. The van der Waals surface area contributed by atoms with Crippen molar-refractivity contribution in [1.29, 1.82) is 0 Å². The highest BCUT2D eigenvalue weighted by atomic mass is 32.2. The normalized spacial score (nSPS) is 31.3. The van der Waals surface area contributed by atoms with Crippen LogP contribution in [0.3, 0.4) is 0 Å². The Labute approximate surface area is 124 Å². The number of hydrogen-bond donors (Lipinski definition) is 0. The van der Waals surface area contributed by atoms with Gasteiger partial charge in [0.1, 0.15) is 0 Å². The van der Waals surface area contributed by atoms with Crippen LogP contribution < -0.4 is 0 Å². The summed E-state index contributed by atoms with van der Waals surface area (Å²) in [6.45, 7) is 8.03. The van der Waals surface area contributed by atoms with Crippen molar-refractivity contribution >= 4 is 32.7 Å². The largest absolute Gasteiger partial charge is 0.342 e. The summed E-state index contributed by atoms with van der Waals surface area (Å²) in [7, 11) is -2.97. The Balaban J connectivity index is 2.22. The average molecular weight is 316 g/mol. The number of amides is 1. The number of hydrogen-bond acceptors (Lipinski definition) is 4. The topological polar surface area (TPSA) is 66.8 Å². The molecule has 1 amide bonds. The Morgan fingerprint density at radius 1 is 1.60 bits per heavy atom. The number of fused-ring (bicyclic) bond motifs is 1. The van der Waals surface area contributed by atoms with Crippen LogP contribution in [0.2, 0.25) is 0 Å². The molecule has 0 bridgehead atoms. The number of carbonyl (C=O) groups excluding carboxylic acids is 1. The lowest BCUT2D eigenvalue weighted by Crippen LogP contribution is -2.37. The van der Waals surface area contributed by atoms with E-state index in [0.717, 1.165) is 6.42 Å².